The molecule has 0 saturated carbocycles. The topological polar surface area (TPSA) is 41.1 Å². The first kappa shape index (κ1) is 12.8. The molecule has 0 bridgehead atoms. The van der Waals surface area contributed by atoms with Crippen molar-refractivity contribution in [2.75, 3.05) is 18.2 Å². The first-order chi connectivity index (χ1) is 6.93. The van der Waals surface area contributed by atoms with Crippen LogP contribution in [-0.2, 0) is 4.79 Å². The fraction of sp³-hybridized carbons (Fsp3) is 0.909. The molecule has 1 fully saturated rings. The lowest BCUT2D eigenvalue weighted by Crippen LogP contribution is -2.46. The summed E-state index contributed by atoms with van der Waals surface area (Å²) in [6.07, 6.45) is 0. The van der Waals surface area contributed by atoms with Crippen molar-refractivity contribution in [1.29, 1.82) is 0 Å². The van der Waals surface area contributed by atoms with Gasteiger partial charge in [-0.1, -0.05) is 27.7 Å². The van der Waals surface area contributed by atoms with E-state index in [9.17, 15) is 4.79 Å². The van der Waals surface area contributed by atoms with Crippen molar-refractivity contribution in [3.8, 4) is 0 Å². The van der Waals surface area contributed by atoms with Gasteiger partial charge in [0.25, 0.3) is 0 Å². The van der Waals surface area contributed by atoms with Crippen LogP contribution in [-0.4, -0.2) is 30.1 Å². The maximum absolute atomic E-state index is 11.7. The summed E-state index contributed by atoms with van der Waals surface area (Å²) in [7, 11) is 0. The molecule has 0 spiro atoms. The van der Waals surface area contributed by atoms with E-state index in [4.69, 9.17) is 0 Å². The summed E-state index contributed by atoms with van der Waals surface area (Å²) in [6, 6.07) is 0.0120. The summed E-state index contributed by atoms with van der Waals surface area (Å²) in [5, 5.41) is 6.20. The van der Waals surface area contributed by atoms with E-state index in [2.05, 4.69) is 38.3 Å². The van der Waals surface area contributed by atoms with Crippen molar-refractivity contribution in [3.05, 3.63) is 0 Å². The van der Waals surface area contributed by atoms with Gasteiger partial charge in [0.05, 0.1) is 6.04 Å². The highest BCUT2D eigenvalue weighted by Crippen LogP contribution is 2.24. The van der Waals surface area contributed by atoms with Crippen LogP contribution in [0.15, 0.2) is 0 Å². The highest BCUT2D eigenvalue weighted by molar-refractivity contribution is 7.99. The van der Waals surface area contributed by atoms with E-state index in [0.29, 0.717) is 5.92 Å². The minimum Gasteiger partial charge on any atom is -0.354 e. The quantitative estimate of drug-likeness (QED) is 0.768. The molecule has 2 N–H and O–H groups in total. The van der Waals surface area contributed by atoms with Crippen molar-refractivity contribution in [2.45, 2.75) is 33.7 Å². The lowest BCUT2D eigenvalue weighted by atomic mass is 9.81. The van der Waals surface area contributed by atoms with Crippen molar-refractivity contribution >= 4 is 17.7 Å². The summed E-state index contributed by atoms with van der Waals surface area (Å²) in [4.78, 5) is 11.7. The molecule has 4 heteroatoms. The molecule has 1 aliphatic heterocycles. The van der Waals surface area contributed by atoms with E-state index >= 15 is 0 Å². The van der Waals surface area contributed by atoms with Crippen LogP contribution < -0.4 is 10.6 Å². The SMILES string of the molecule is CC(C)C(C)(C)CNC(=O)C1CSCN1. The van der Waals surface area contributed by atoms with Gasteiger partial charge in [-0.3, -0.25) is 10.1 Å². The Kier molecular flexibility index (Phi) is 4.46. The summed E-state index contributed by atoms with van der Waals surface area (Å²) >= 11 is 1.78. The zero-order valence-corrected chi connectivity index (χ0v) is 10.9. The first-order valence-corrected chi connectivity index (χ1v) is 6.68. The standard InChI is InChI=1S/C11H22N2OS/c1-8(2)11(3,4)6-12-10(14)9-5-15-7-13-9/h8-9,13H,5-7H2,1-4H3,(H,12,14). The van der Waals surface area contributed by atoms with Crippen molar-refractivity contribution in [1.82, 2.24) is 10.6 Å². The average Bonchev–Trinajstić information content (AvgIpc) is 2.66. The molecule has 1 heterocycles. The third-order valence-electron chi connectivity index (χ3n) is 3.31. The Balaban J connectivity index is 2.33. The number of carbonyl (C=O) groups is 1. The van der Waals surface area contributed by atoms with Gasteiger partial charge in [0.1, 0.15) is 0 Å². The van der Waals surface area contributed by atoms with Gasteiger partial charge in [0.2, 0.25) is 5.91 Å². The molecule has 15 heavy (non-hydrogen) atoms. The fourth-order valence-electron chi connectivity index (χ4n) is 1.21. The number of hydrogen-bond acceptors (Lipinski definition) is 3. The monoisotopic (exact) mass is 230 g/mol. The second-order valence-electron chi connectivity index (χ2n) is 5.13. The number of rotatable bonds is 4. The van der Waals surface area contributed by atoms with Gasteiger partial charge in [-0.25, -0.2) is 0 Å². The van der Waals surface area contributed by atoms with E-state index in [1.54, 1.807) is 11.8 Å². The minimum absolute atomic E-state index is 0.0120. The molecular formula is C11H22N2OS. The molecule has 3 nitrogen and oxygen atoms in total. The van der Waals surface area contributed by atoms with Crippen molar-refractivity contribution in [3.63, 3.8) is 0 Å². The molecular weight excluding hydrogens is 208 g/mol. The molecule has 1 rings (SSSR count). The number of thioether (sulfide) groups is 1. The summed E-state index contributed by atoms with van der Waals surface area (Å²) in [5.41, 5.74) is 0.168. The largest absolute Gasteiger partial charge is 0.354 e. The molecule has 0 aliphatic carbocycles. The predicted molar refractivity (Wildman–Crippen MR) is 65.9 cm³/mol. The number of amides is 1. The van der Waals surface area contributed by atoms with E-state index in [1.165, 1.54) is 0 Å². The Bertz CT molecular complexity index is 223. The second-order valence-corrected chi connectivity index (χ2v) is 6.16. The summed E-state index contributed by atoms with van der Waals surface area (Å²) in [5.74, 6) is 2.51. The highest BCUT2D eigenvalue weighted by atomic mass is 32.2. The summed E-state index contributed by atoms with van der Waals surface area (Å²) in [6.45, 7) is 9.52. The molecule has 0 radical (unpaired) electrons. The van der Waals surface area contributed by atoms with E-state index < -0.39 is 0 Å². The second kappa shape index (κ2) is 5.21. The van der Waals surface area contributed by atoms with Crippen LogP contribution in [0, 0.1) is 11.3 Å². The highest BCUT2D eigenvalue weighted by Gasteiger charge is 2.26. The van der Waals surface area contributed by atoms with Crippen LogP contribution in [0.1, 0.15) is 27.7 Å². The van der Waals surface area contributed by atoms with Crippen LogP contribution >= 0.6 is 11.8 Å². The number of hydrogen-bond donors (Lipinski definition) is 2. The molecule has 0 aromatic heterocycles. The summed E-state index contributed by atoms with van der Waals surface area (Å²) < 4.78 is 0. The van der Waals surface area contributed by atoms with Gasteiger partial charge in [-0.05, 0) is 11.3 Å². The van der Waals surface area contributed by atoms with Gasteiger partial charge in [0.15, 0.2) is 0 Å². The third-order valence-corrected chi connectivity index (χ3v) is 4.25. The molecule has 1 saturated heterocycles. The van der Waals surface area contributed by atoms with Crippen LogP contribution in [0.5, 0.6) is 0 Å². The molecule has 1 aliphatic rings. The van der Waals surface area contributed by atoms with E-state index in [-0.39, 0.29) is 17.4 Å². The first-order valence-electron chi connectivity index (χ1n) is 5.52. The molecule has 1 unspecified atom stereocenters. The smallest absolute Gasteiger partial charge is 0.238 e. The number of nitrogens with one attached hydrogen (secondary N) is 2. The fourth-order valence-corrected chi connectivity index (χ4v) is 2.15. The van der Waals surface area contributed by atoms with Crippen LogP contribution in [0.4, 0.5) is 0 Å². The lowest BCUT2D eigenvalue weighted by molar-refractivity contribution is -0.123. The van der Waals surface area contributed by atoms with Crippen LogP contribution in [0.3, 0.4) is 0 Å². The van der Waals surface area contributed by atoms with Gasteiger partial charge < -0.3 is 5.32 Å². The van der Waals surface area contributed by atoms with Crippen molar-refractivity contribution in [2.24, 2.45) is 11.3 Å². The zero-order valence-electron chi connectivity index (χ0n) is 10.1. The zero-order chi connectivity index (χ0) is 11.5. The Morgan fingerprint density at radius 2 is 2.27 bits per heavy atom. The Hall–Kier alpha value is -0.220. The molecule has 0 aromatic rings. The molecule has 1 atom stereocenters. The number of carbonyl (C=O) groups excluding carboxylic acids is 1. The van der Waals surface area contributed by atoms with Gasteiger partial charge in [-0.2, -0.15) is 0 Å². The molecule has 88 valence electrons. The van der Waals surface area contributed by atoms with E-state index in [0.717, 1.165) is 18.2 Å². The Morgan fingerprint density at radius 1 is 1.60 bits per heavy atom. The minimum atomic E-state index is 0.0120. The average molecular weight is 230 g/mol. The van der Waals surface area contributed by atoms with Crippen molar-refractivity contribution < 1.29 is 4.79 Å². The maximum atomic E-state index is 11.7. The van der Waals surface area contributed by atoms with Gasteiger partial charge in [0, 0.05) is 18.2 Å². The lowest BCUT2D eigenvalue weighted by Gasteiger charge is -2.29. The molecule has 1 amide bonds. The predicted octanol–water partition coefficient (Wildman–Crippen LogP) is 1.45. The van der Waals surface area contributed by atoms with Gasteiger partial charge >= 0.3 is 0 Å². The third kappa shape index (κ3) is 3.68. The molecule has 0 aromatic carbocycles. The Labute approximate surface area is 96.8 Å². The Morgan fingerprint density at radius 3 is 2.73 bits per heavy atom. The maximum Gasteiger partial charge on any atom is 0.238 e. The van der Waals surface area contributed by atoms with Crippen LogP contribution in [0.2, 0.25) is 0 Å². The van der Waals surface area contributed by atoms with Gasteiger partial charge in [-0.15, -0.1) is 11.8 Å². The normalized spacial score (nSPS) is 22.1. The van der Waals surface area contributed by atoms with E-state index in [1.807, 2.05) is 0 Å². The van der Waals surface area contributed by atoms with Crippen LogP contribution in [0.25, 0.3) is 0 Å².